The van der Waals surface area contributed by atoms with Crippen LogP contribution in [0.5, 0.6) is 0 Å². The smallest absolute Gasteiger partial charge is 0.231 e. The summed E-state index contributed by atoms with van der Waals surface area (Å²) >= 11 is 1.51. The molecule has 3 nitrogen and oxygen atoms in total. The number of anilines is 1. The maximum absolute atomic E-state index is 11.9. The van der Waals surface area contributed by atoms with Gasteiger partial charge in [-0.25, -0.2) is 4.98 Å². The lowest BCUT2D eigenvalue weighted by Crippen LogP contribution is -2.27. The normalized spacial score (nSPS) is 11.4. The fourth-order valence-corrected chi connectivity index (χ4v) is 2.43. The number of amides is 1. The molecule has 100 valence electrons. The van der Waals surface area contributed by atoms with Crippen LogP contribution in [0.25, 0.3) is 11.3 Å². The van der Waals surface area contributed by atoms with E-state index >= 15 is 0 Å². The summed E-state index contributed by atoms with van der Waals surface area (Å²) in [6, 6.07) is 10.0. The van der Waals surface area contributed by atoms with Crippen molar-refractivity contribution in [2.75, 3.05) is 5.32 Å². The maximum Gasteiger partial charge on any atom is 0.231 e. The first-order valence-electron chi connectivity index (χ1n) is 6.22. The molecule has 0 aliphatic carbocycles. The van der Waals surface area contributed by atoms with Gasteiger partial charge >= 0.3 is 0 Å². The highest BCUT2D eigenvalue weighted by molar-refractivity contribution is 7.16. The first-order chi connectivity index (χ1) is 8.88. The monoisotopic (exact) mass is 274 g/mol. The van der Waals surface area contributed by atoms with Gasteiger partial charge < -0.3 is 5.32 Å². The molecule has 1 heterocycles. The van der Waals surface area contributed by atoms with Gasteiger partial charge in [0.25, 0.3) is 0 Å². The minimum Gasteiger partial charge on any atom is -0.301 e. The second kappa shape index (κ2) is 5.13. The SMILES string of the molecule is Cc1sc(NC(=O)C(C)(C)C)nc1-c1ccccc1. The molecule has 0 aliphatic rings. The molecular formula is C15H18N2OS. The summed E-state index contributed by atoms with van der Waals surface area (Å²) in [4.78, 5) is 17.6. The Kier molecular flexibility index (Phi) is 3.71. The van der Waals surface area contributed by atoms with Crippen molar-refractivity contribution in [1.82, 2.24) is 4.98 Å². The van der Waals surface area contributed by atoms with Gasteiger partial charge in [-0.05, 0) is 6.92 Å². The predicted molar refractivity (Wildman–Crippen MR) is 80.4 cm³/mol. The van der Waals surface area contributed by atoms with Crippen molar-refractivity contribution in [2.24, 2.45) is 5.41 Å². The molecule has 0 spiro atoms. The van der Waals surface area contributed by atoms with Crippen molar-refractivity contribution in [3.63, 3.8) is 0 Å². The topological polar surface area (TPSA) is 42.0 Å². The fraction of sp³-hybridized carbons (Fsp3) is 0.333. The number of nitrogens with zero attached hydrogens (tertiary/aromatic N) is 1. The molecule has 0 bridgehead atoms. The van der Waals surface area contributed by atoms with Crippen LogP contribution >= 0.6 is 11.3 Å². The molecule has 1 aromatic carbocycles. The molecule has 0 atom stereocenters. The quantitative estimate of drug-likeness (QED) is 0.895. The van der Waals surface area contributed by atoms with Gasteiger partial charge in [-0.3, -0.25) is 4.79 Å². The number of aromatic nitrogens is 1. The first kappa shape index (κ1) is 13.7. The molecule has 1 amide bonds. The van der Waals surface area contributed by atoms with Gasteiger partial charge in [0.2, 0.25) is 5.91 Å². The van der Waals surface area contributed by atoms with Gasteiger partial charge in [0, 0.05) is 15.9 Å². The second-order valence-corrected chi connectivity index (χ2v) is 6.70. The fourth-order valence-electron chi connectivity index (χ4n) is 1.60. The van der Waals surface area contributed by atoms with Crippen LogP contribution in [0.1, 0.15) is 25.6 Å². The molecule has 1 aromatic heterocycles. The molecule has 0 saturated carbocycles. The van der Waals surface area contributed by atoms with Crippen LogP contribution in [0, 0.1) is 12.3 Å². The Hall–Kier alpha value is -1.68. The lowest BCUT2D eigenvalue weighted by atomic mass is 9.96. The van der Waals surface area contributed by atoms with Crippen molar-refractivity contribution in [3.05, 3.63) is 35.2 Å². The maximum atomic E-state index is 11.9. The number of carbonyl (C=O) groups excluding carboxylic acids is 1. The summed E-state index contributed by atoms with van der Waals surface area (Å²) in [5.41, 5.74) is 1.61. The summed E-state index contributed by atoms with van der Waals surface area (Å²) in [5.74, 6) is -0.0131. The standard InChI is InChI=1S/C15H18N2OS/c1-10-12(11-8-6-5-7-9-11)16-14(19-10)17-13(18)15(2,3)4/h5-9H,1-4H3,(H,16,17,18). The minimum atomic E-state index is -0.410. The zero-order valence-electron chi connectivity index (χ0n) is 11.7. The molecule has 0 saturated heterocycles. The van der Waals surface area contributed by atoms with Crippen molar-refractivity contribution in [2.45, 2.75) is 27.7 Å². The van der Waals surface area contributed by atoms with Crippen molar-refractivity contribution >= 4 is 22.4 Å². The van der Waals surface area contributed by atoms with E-state index in [1.54, 1.807) is 0 Å². The minimum absolute atomic E-state index is 0.0131. The first-order valence-corrected chi connectivity index (χ1v) is 7.04. The molecule has 2 rings (SSSR count). The number of carbonyl (C=O) groups is 1. The van der Waals surface area contributed by atoms with E-state index in [1.807, 2.05) is 58.0 Å². The summed E-state index contributed by atoms with van der Waals surface area (Å²) in [7, 11) is 0. The van der Waals surface area contributed by atoms with Crippen LogP contribution in [-0.4, -0.2) is 10.9 Å². The Balaban J connectivity index is 2.25. The van der Waals surface area contributed by atoms with Crippen LogP contribution in [-0.2, 0) is 4.79 Å². The lowest BCUT2D eigenvalue weighted by molar-refractivity contribution is -0.123. The third kappa shape index (κ3) is 3.20. The van der Waals surface area contributed by atoms with E-state index in [1.165, 1.54) is 11.3 Å². The Bertz CT molecular complexity index is 582. The van der Waals surface area contributed by atoms with Crippen LogP contribution < -0.4 is 5.32 Å². The Labute approximate surface area is 117 Å². The molecule has 2 aromatic rings. The Morgan fingerprint density at radius 2 is 1.84 bits per heavy atom. The number of nitrogens with one attached hydrogen (secondary N) is 1. The van der Waals surface area contributed by atoms with Crippen LogP contribution in [0.2, 0.25) is 0 Å². The van der Waals surface area contributed by atoms with E-state index in [9.17, 15) is 4.79 Å². The molecule has 0 fully saturated rings. The number of hydrogen-bond donors (Lipinski definition) is 1. The van der Waals surface area contributed by atoms with Crippen LogP contribution in [0.4, 0.5) is 5.13 Å². The predicted octanol–water partition coefficient (Wildman–Crippen LogP) is 4.10. The third-order valence-electron chi connectivity index (χ3n) is 2.75. The average Bonchev–Trinajstić information content (AvgIpc) is 2.70. The molecule has 19 heavy (non-hydrogen) atoms. The average molecular weight is 274 g/mol. The molecule has 0 unspecified atom stereocenters. The highest BCUT2D eigenvalue weighted by Gasteiger charge is 2.22. The van der Waals surface area contributed by atoms with Gasteiger partial charge in [0.15, 0.2) is 5.13 Å². The van der Waals surface area contributed by atoms with Gasteiger partial charge in [0.1, 0.15) is 0 Å². The molecule has 1 N–H and O–H groups in total. The highest BCUT2D eigenvalue weighted by Crippen LogP contribution is 2.31. The van der Waals surface area contributed by atoms with Gasteiger partial charge in [-0.15, -0.1) is 11.3 Å². The zero-order valence-corrected chi connectivity index (χ0v) is 12.5. The van der Waals surface area contributed by atoms with E-state index in [0.29, 0.717) is 5.13 Å². The summed E-state index contributed by atoms with van der Waals surface area (Å²) in [5, 5.41) is 3.54. The summed E-state index contributed by atoms with van der Waals surface area (Å²) in [6.07, 6.45) is 0. The van der Waals surface area contributed by atoms with E-state index < -0.39 is 5.41 Å². The molecule has 4 heteroatoms. The van der Waals surface area contributed by atoms with Gasteiger partial charge in [-0.2, -0.15) is 0 Å². The van der Waals surface area contributed by atoms with Gasteiger partial charge in [0.05, 0.1) is 5.69 Å². The van der Waals surface area contributed by atoms with E-state index in [-0.39, 0.29) is 5.91 Å². The Morgan fingerprint density at radius 1 is 1.21 bits per heavy atom. The highest BCUT2D eigenvalue weighted by atomic mass is 32.1. The van der Waals surface area contributed by atoms with Crippen molar-refractivity contribution in [3.8, 4) is 11.3 Å². The summed E-state index contributed by atoms with van der Waals surface area (Å²) < 4.78 is 0. The number of hydrogen-bond acceptors (Lipinski definition) is 3. The number of rotatable bonds is 2. The number of thiazole rings is 1. The van der Waals surface area contributed by atoms with Crippen LogP contribution in [0.15, 0.2) is 30.3 Å². The summed E-state index contributed by atoms with van der Waals surface area (Å²) in [6.45, 7) is 7.69. The number of benzene rings is 1. The zero-order chi connectivity index (χ0) is 14.0. The van der Waals surface area contributed by atoms with E-state index in [0.717, 1.165) is 16.1 Å². The van der Waals surface area contributed by atoms with E-state index in [2.05, 4.69) is 10.3 Å². The van der Waals surface area contributed by atoms with Gasteiger partial charge in [-0.1, -0.05) is 51.1 Å². The second-order valence-electron chi connectivity index (χ2n) is 5.49. The lowest BCUT2D eigenvalue weighted by Gasteiger charge is -2.15. The largest absolute Gasteiger partial charge is 0.301 e. The molecular weight excluding hydrogens is 256 g/mol. The Morgan fingerprint density at radius 3 is 2.42 bits per heavy atom. The number of aryl methyl sites for hydroxylation is 1. The van der Waals surface area contributed by atoms with E-state index in [4.69, 9.17) is 0 Å². The van der Waals surface area contributed by atoms with Crippen molar-refractivity contribution < 1.29 is 4.79 Å². The molecule has 0 aliphatic heterocycles. The van der Waals surface area contributed by atoms with Crippen molar-refractivity contribution in [1.29, 1.82) is 0 Å². The van der Waals surface area contributed by atoms with Crippen LogP contribution in [0.3, 0.4) is 0 Å². The molecule has 0 radical (unpaired) electrons. The third-order valence-corrected chi connectivity index (χ3v) is 3.63.